The molecule has 2 aliphatic rings. The fraction of sp³-hybridized carbons (Fsp3) is 0.320. The van der Waals surface area contributed by atoms with Crippen molar-refractivity contribution in [1.29, 1.82) is 0 Å². The highest BCUT2D eigenvalue weighted by molar-refractivity contribution is 7.91. The quantitative estimate of drug-likeness (QED) is 0.469. The van der Waals surface area contributed by atoms with Gasteiger partial charge in [0.25, 0.3) is 11.8 Å². The van der Waals surface area contributed by atoms with E-state index in [4.69, 9.17) is 11.6 Å². The number of amides is 3. The minimum absolute atomic E-state index is 0.0618. The Labute approximate surface area is 213 Å². The van der Waals surface area contributed by atoms with Crippen LogP contribution in [0.15, 0.2) is 48.7 Å². The summed E-state index contributed by atoms with van der Waals surface area (Å²) in [5, 5.41) is 6.84. The van der Waals surface area contributed by atoms with Crippen molar-refractivity contribution in [2.75, 3.05) is 23.0 Å². The molecule has 1 aromatic heterocycles. The molecule has 0 unspecified atom stereocenters. The van der Waals surface area contributed by atoms with E-state index in [1.54, 1.807) is 53.6 Å². The molecule has 0 aliphatic carbocycles. The number of sulfone groups is 1. The van der Waals surface area contributed by atoms with E-state index in [0.717, 1.165) is 23.9 Å². The van der Waals surface area contributed by atoms with Gasteiger partial charge >= 0.3 is 0 Å². The van der Waals surface area contributed by atoms with Gasteiger partial charge in [0.2, 0.25) is 5.91 Å². The molecule has 0 spiro atoms. The summed E-state index contributed by atoms with van der Waals surface area (Å²) in [4.78, 5) is 42.6. The summed E-state index contributed by atoms with van der Waals surface area (Å²) in [7, 11) is -3.46. The van der Waals surface area contributed by atoms with Crippen LogP contribution in [0.25, 0.3) is 10.9 Å². The molecule has 9 nitrogen and oxygen atoms in total. The molecular weight excluding hydrogens is 504 g/mol. The minimum atomic E-state index is -3.46. The van der Waals surface area contributed by atoms with Gasteiger partial charge < -0.3 is 20.5 Å². The number of halogens is 1. The average Bonchev–Trinajstić information content (AvgIpc) is 3.36. The van der Waals surface area contributed by atoms with Crippen LogP contribution in [0.2, 0.25) is 5.02 Å². The van der Waals surface area contributed by atoms with Gasteiger partial charge in [0.05, 0.1) is 28.6 Å². The molecule has 36 heavy (non-hydrogen) atoms. The van der Waals surface area contributed by atoms with Crippen LogP contribution in [0.5, 0.6) is 0 Å². The van der Waals surface area contributed by atoms with Crippen LogP contribution in [0.4, 0.5) is 5.69 Å². The van der Waals surface area contributed by atoms with Crippen LogP contribution in [0, 0.1) is 0 Å². The van der Waals surface area contributed by atoms with E-state index in [-0.39, 0.29) is 17.4 Å². The number of aromatic nitrogens is 1. The fourth-order valence-corrected chi connectivity index (χ4v) is 6.82. The van der Waals surface area contributed by atoms with E-state index < -0.39 is 33.7 Å². The van der Waals surface area contributed by atoms with Gasteiger partial charge in [0, 0.05) is 46.9 Å². The first-order valence-corrected chi connectivity index (χ1v) is 13.9. The van der Waals surface area contributed by atoms with Crippen molar-refractivity contribution in [3.05, 3.63) is 64.8 Å². The van der Waals surface area contributed by atoms with E-state index in [2.05, 4.69) is 15.6 Å². The van der Waals surface area contributed by atoms with Crippen molar-refractivity contribution in [3.63, 3.8) is 0 Å². The lowest BCUT2D eigenvalue weighted by molar-refractivity contribution is -0.119. The van der Waals surface area contributed by atoms with Crippen LogP contribution in [0.3, 0.4) is 0 Å². The zero-order valence-electron chi connectivity index (χ0n) is 19.3. The Balaban J connectivity index is 1.27. The van der Waals surface area contributed by atoms with E-state index in [1.165, 1.54) is 0 Å². The van der Waals surface area contributed by atoms with Crippen molar-refractivity contribution in [3.8, 4) is 0 Å². The topological polar surface area (TPSA) is 128 Å². The predicted octanol–water partition coefficient (Wildman–Crippen LogP) is 2.66. The number of piperidine rings is 1. The molecule has 2 fully saturated rings. The molecule has 3 heterocycles. The molecule has 2 aliphatic heterocycles. The molecule has 11 heteroatoms. The Kier molecular flexibility index (Phi) is 6.48. The second-order valence-corrected chi connectivity index (χ2v) is 11.7. The van der Waals surface area contributed by atoms with Crippen LogP contribution < -0.4 is 15.5 Å². The van der Waals surface area contributed by atoms with Gasteiger partial charge in [-0.15, -0.1) is 0 Å². The second-order valence-electron chi connectivity index (χ2n) is 9.18. The first kappa shape index (κ1) is 24.3. The van der Waals surface area contributed by atoms with Gasteiger partial charge in [0.15, 0.2) is 9.84 Å². The third kappa shape index (κ3) is 4.96. The largest absolute Gasteiger partial charge is 0.360 e. The number of rotatable bonds is 5. The van der Waals surface area contributed by atoms with E-state index in [1.807, 2.05) is 0 Å². The normalized spacial score (nSPS) is 21.5. The summed E-state index contributed by atoms with van der Waals surface area (Å²) >= 11 is 6.09. The lowest BCUT2D eigenvalue weighted by Gasteiger charge is -2.27. The van der Waals surface area contributed by atoms with E-state index >= 15 is 0 Å². The third-order valence-corrected chi connectivity index (χ3v) is 8.69. The highest BCUT2D eigenvalue weighted by atomic mass is 35.5. The number of nitrogens with zero attached hydrogens (tertiary/aromatic N) is 1. The molecule has 2 aromatic carbocycles. The maximum Gasteiger partial charge on any atom is 0.251 e. The number of H-pyrrole nitrogens is 1. The van der Waals surface area contributed by atoms with Gasteiger partial charge in [-0.1, -0.05) is 17.7 Å². The van der Waals surface area contributed by atoms with Gasteiger partial charge in [0.1, 0.15) is 0 Å². The molecule has 0 radical (unpaired) electrons. The number of aromatic amines is 1. The maximum atomic E-state index is 12.9. The molecular formula is C25H25ClN4O5S. The number of fused-ring (bicyclic) bond motifs is 1. The van der Waals surface area contributed by atoms with Crippen molar-refractivity contribution in [2.24, 2.45) is 0 Å². The van der Waals surface area contributed by atoms with Gasteiger partial charge in [-0.3, -0.25) is 14.4 Å². The first-order valence-electron chi connectivity index (χ1n) is 11.7. The predicted molar refractivity (Wildman–Crippen MR) is 137 cm³/mol. The van der Waals surface area contributed by atoms with Crippen molar-refractivity contribution >= 4 is 55.8 Å². The average molecular weight is 529 g/mol. The van der Waals surface area contributed by atoms with E-state index in [9.17, 15) is 22.8 Å². The molecule has 3 amide bonds. The van der Waals surface area contributed by atoms with Gasteiger partial charge in [-0.05, 0) is 49.2 Å². The Bertz CT molecular complexity index is 1450. The highest BCUT2D eigenvalue weighted by Gasteiger charge is 2.39. The Morgan fingerprint density at radius 1 is 0.944 bits per heavy atom. The van der Waals surface area contributed by atoms with E-state index in [0.29, 0.717) is 34.6 Å². The van der Waals surface area contributed by atoms with Gasteiger partial charge in [-0.2, -0.15) is 0 Å². The molecule has 188 valence electrons. The standard InChI is InChI=1S/C25H25ClN4O5S/c26-19-12-27-20-11-16(6-9-18(19)20)25(33)29-22-14-36(34,35)13-21(22)28-24(32)15-4-7-17(8-5-15)30-10-2-1-3-23(30)31/h4-9,11-12,21-22,27H,1-3,10,13-14H2,(H,28,32)(H,29,33)/t21-,22+/m1/s1. The number of anilines is 1. The Morgan fingerprint density at radius 2 is 1.58 bits per heavy atom. The zero-order chi connectivity index (χ0) is 25.4. The number of nitrogens with one attached hydrogen (secondary N) is 3. The van der Waals surface area contributed by atoms with Crippen LogP contribution in [0.1, 0.15) is 40.0 Å². The molecule has 0 bridgehead atoms. The fourth-order valence-electron chi connectivity index (χ4n) is 4.74. The van der Waals surface area contributed by atoms with Crippen molar-refractivity contribution in [1.82, 2.24) is 15.6 Å². The molecule has 2 saturated heterocycles. The molecule has 3 aromatic rings. The Hall–Kier alpha value is -3.37. The second kappa shape index (κ2) is 9.59. The molecule has 3 N–H and O–H groups in total. The van der Waals surface area contributed by atoms with Crippen LogP contribution >= 0.6 is 11.6 Å². The molecule has 2 atom stereocenters. The highest BCUT2D eigenvalue weighted by Crippen LogP contribution is 2.24. The monoisotopic (exact) mass is 528 g/mol. The van der Waals surface area contributed by atoms with Crippen LogP contribution in [-0.4, -0.2) is 61.3 Å². The van der Waals surface area contributed by atoms with Crippen molar-refractivity contribution < 1.29 is 22.8 Å². The number of carbonyl (C=O) groups is 3. The first-order chi connectivity index (χ1) is 17.2. The summed E-state index contributed by atoms with van der Waals surface area (Å²) in [6, 6.07) is 10.1. The minimum Gasteiger partial charge on any atom is -0.360 e. The summed E-state index contributed by atoms with van der Waals surface area (Å²) in [6.07, 6.45) is 3.95. The summed E-state index contributed by atoms with van der Waals surface area (Å²) in [6.45, 7) is 0.648. The lowest BCUT2D eigenvalue weighted by Crippen LogP contribution is -2.51. The van der Waals surface area contributed by atoms with Crippen molar-refractivity contribution in [2.45, 2.75) is 31.3 Å². The number of carbonyl (C=O) groups excluding carboxylic acids is 3. The zero-order valence-corrected chi connectivity index (χ0v) is 20.9. The number of benzene rings is 2. The summed E-state index contributed by atoms with van der Waals surface area (Å²) in [5.41, 5.74) is 2.10. The number of hydrogen-bond acceptors (Lipinski definition) is 5. The molecule has 0 saturated carbocycles. The van der Waals surface area contributed by atoms with Gasteiger partial charge in [-0.25, -0.2) is 8.42 Å². The lowest BCUT2D eigenvalue weighted by atomic mass is 10.1. The van der Waals surface area contributed by atoms with Crippen LogP contribution in [-0.2, 0) is 14.6 Å². The Morgan fingerprint density at radius 3 is 2.25 bits per heavy atom. The number of hydrogen-bond donors (Lipinski definition) is 3. The summed E-state index contributed by atoms with van der Waals surface area (Å²) < 4.78 is 24.7. The summed E-state index contributed by atoms with van der Waals surface area (Å²) in [5.74, 6) is -1.37. The smallest absolute Gasteiger partial charge is 0.251 e. The third-order valence-electron chi connectivity index (χ3n) is 6.64. The molecule has 5 rings (SSSR count). The SMILES string of the molecule is O=C(N[C@H]1CS(=O)(=O)C[C@H]1NC(=O)c1ccc(N2CCCCC2=O)cc1)c1ccc2c(Cl)c[nH]c2c1. The maximum absolute atomic E-state index is 12.9.